The van der Waals surface area contributed by atoms with E-state index in [1.807, 2.05) is 25.3 Å². The van der Waals surface area contributed by atoms with Crippen molar-refractivity contribution in [2.24, 2.45) is 5.92 Å². The number of carbonyl (C=O) groups is 1. The lowest BCUT2D eigenvalue weighted by Crippen LogP contribution is -2.39. The molecular formula is C13H22N2OS. The van der Waals surface area contributed by atoms with E-state index in [0.29, 0.717) is 18.5 Å². The Morgan fingerprint density at radius 3 is 2.53 bits per heavy atom. The summed E-state index contributed by atoms with van der Waals surface area (Å²) in [6.07, 6.45) is 0. The lowest BCUT2D eigenvalue weighted by atomic mass is 10.0. The standard InChI is InChI=1S/C13H22N2OS/c1-9(2)13(11-6-5-7-17-11)15-12(16)8-14-10(3)4/h5-7,9-10,13-14H,8H2,1-4H3,(H,15,16). The van der Waals surface area contributed by atoms with Gasteiger partial charge in [-0.05, 0) is 17.4 Å². The van der Waals surface area contributed by atoms with Gasteiger partial charge in [-0.25, -0.2) is 0 Å². The second-order valence-electron chi connectivity index (χ2n) is 4.84. The zero-order valence-corrected chi connectivity index (χ0v) is 11.8. The fraction of sp³-hybridized carbons (Fsp3) is 0.615. The van der Waals surface area contributed by atoms with Gasteiger partial charge < -0.3 is 10.6 Å². The van der Waals surface area contributed by atoms with Crippen LogP contribution in [0.1, 0.15) is 38.6 Å². The topological polar surface area (TPSA) is 41.1 Å². The first-order valence-electron chi connectivity index (χ1n) is 6.07. The van der Waals surface area contributed by atoms with Crippen molar-refractivity contribution in [3.05, 3.63) is 22.4 Å². The average Bonchev–Trinajstić information content (AvgIpc) is 2.75. The van der Waals surface area contributed by atoms with Crippen molar-refractivity contribution in [1.29, 1.82) is 0 Å². The van der Waals surface area contributed by atoms with Crippen LogP contribution < -0.4 is 10.6 Å². The van der Waals surface area contributed by atoms with Crippen molar-refractivity contribution >= 4 is 17.2 Å². The van der Waals surface area contributed by atoms with Crippen molar-refractivity contribution in [2.45, 2.75) is 39.8 Å². The van der Waals surface area contributed by atoms with E-state index in [9.17, 15) is 4.79 Å². The molecule has 1 unspecified atom stereocenters. The molecule has 17 heavy (non-hydrogen) atoms. The molecule has 0 aliphatic heterocycles. The molecule has 0 fully saturated rings. The van der Waals surface area contributed by atoms with Crippen LogP contribution in [0.5, 0.6) is 0 Å². The number of carbonyl (C=O) groups excluding carboxylic acids is 1. The minimum Gasteiger partial charge on any atom is -0.347 e. The lowest BCUT2D eigenvalue weighted by molar-refractivity contribution is -0.121. The molecule has 1 aromatic heterocycles. The highest BCUT2D eigenvalue weighted by Crippen LogP contribution is 2.25. The summed E-state index contributed by atoms with van der Waals surface area (Å²) in [5.41, 5.74) is 0. The molecule has 4 heteroatoms. The Kier molecular flexibility index (Phi) is 5.65. The second-order valence-corrected chi connectivity index (χ2v) is 5.82. The summed E-state index contributed by atoms with van der Waals surface area (Å²) in [7, 11) is 0. The van der Waals surface area contributed by atoms with Crippen LogP contribution in [0.2, 0.25) is 0 Å². The molecule has 0 aliphatic rings. The largest absolute Gasteiger partial charge is 0.347 e. The quantitative estimate of drug-likeness (QED) is 0.819. The summed E-state index contributed by atoms with van der Waals surface area (Å²) in [6, 6.07) is 4.55. The van der Waals surface area contributed by atoms with Gasteiger partial charge >= 0.3 is 0 Å². The maximum absolute atomic E-state index is 11.8. The summed E-state index contributed by atoms with van der Waals surface area (Å²) in [6.45, 7) is 8.70. The van der Waals surface area contributed by atoms with Crippen LogP contribution in [0.4, 0.5) is 0 Å². The fourth-order valence-corrected chi connectivity index (χ4v) is 2.50. The number of amides is 1. The summed E-state index contributed by atoms with van der Waals surface area (Å²) in [4.78, 5) is 13.0. The second kappa shape index (κ2) is 6.77. The Labute approximate surface area is 108 Å². The molecule has 2 N–H and O–H groups in total. The molecule has 0 bridgehead atoms. The molecule has 0 radical (unpaired) electrons. The zero-order chi connectivity index (χ0) is 12.8. The van der Waals surface area contributed by atoms with Gasteiger partial charge in [-0.3, -0.25) is 4.79 Å². The number of hydrogen-bond donors (Lipinski definition) is 2. The van der Waals surface area contributed by atoms with Crippen LogP contribution in [-0.2, 0) is 4.79 Å². The van der Waals surface area contributed by atoms with Gasteiger partial charge in [0.1, 0.15) is 0 Å². The van der Waals surface area contributed by atoms with Gasteiger partial charge in [0.15, 0.2) is 0 Å². The summed E-state index contributed by atoms with van der Waals surface area (Å²) in [5.74, 6) is 0.461. The maximum Gasteiger partial charge on any atom is 0.234 e. The highest BCUT2D eigenvalue weighted by atomic mass is 32.1. The molecule has 3 nitrogen and oxygen atoms in total. The lowest BCUT2D eigenvalue weighted by Gasteiger charge is -2.21. The van der Waals surface area contributed by atoms with Gasteiger partial charge in [-0.1, -0.05) is 33.8 Å². The van der Waals surface area contributed by atoms with E-state index in [4.69, 9.17) is 0 Å². The highest BCUT2D eigenvalue weighted by Gasteiger charge is 2.18. The SMILES string of the molecule is CC(C)NCC(=O)NC(c1cccs1)C(C)C. The third-order valence-corrected chi connectivity index (χ3v) is 3.46. The molecule has 1 aromatic rings. The predicted molar refractivity (Wildman–Crippen MR) is 73.2 cm³/mol. The Hall–Kier alpha value is -0.870. The minimum absolute atomic E-state index is 0.0609. The van der Waals surface area contributed by atoms with Gasteiger partial charge in [-0.2, -0.15) is 0 Å². The van der Waals surface area contributed by atoms with E-state index in [-0.39, 0.29) is 11.9 Å². The van der Waals surface area contributed by atoms with Crippen molar-refractivity contribution in [3.63, 3.8) is 0 Å². The van der Waals surface area contributed by atoms with Crippen molar-refractivity contribution in [2.75, 3.05) is 6.54 Å². The van der Waals surface area contributed by atoms with Gasteiger partial charge in [0.05, 0.1) is 12.6 Å². The molecule has 1 heterocycles. The summed E-state index contributed by atoms with van der Waals surface area (Å²) in [5, 5.41) is 8.25. The Morgan fingerprint density at radius 2 is 2.06 bits per heavy atom. The minimum atomic E-state index is 0.0609. The van der Waals surface area contributed by atoms with Crippen LogP contribution in [-0.4, -0.2) is 18.5 Å². The maximum atomic E-state index is 11.8. The van der Waals surface area contributed by atoms with Crippen molar-refractivity contribution < 1.29 is 4.79 Å². The van der Waals surface area contributed by atoms with Crippen LogP contribution >= 0.6 is 11.3 Å². The van der Waals surface area contributed by atoms with Gasteiger partial charge in [0.2, 0.25) is 5.91 Å². The third kappa shape index (κ3) is 4.88. The van der Waals surface area contributed by atoms with E-state index in [0.717, 1.165) is 0 Å². The first kappa shape index (κ1) is 14.2. The Bertz CT molecular complexity index is 333. The Morgan fingerprint density at radius 1 is 1.35 bits per heavy atom. The van der Waals surface area contributed by atoms with Crippen LogP contribution in [0.25, 0.3) is 0 Å². The number of thiophene rings is 1. The molecule has 1 amide bonds. The van der Waals surface area contributed by atoms with E-state index in [1.54, 1.807) is 11.3 Å². The molecule has 1 atom stereocenters. The van der Waals surface area contributed by atoms with E-state index in [2.05, 4.69) is 30.5 Å². The van der Waals surface area contributed by atoms with Gasteiger partial charge in [0.25, 0.3) is 0 Å². The smallest absolute Gasteiger partial charge is 0.234 e. The molecule has 0 saturated carbocycles. The predicted octanol–water partition coefficient (Wildman–Crippen LogP) is 2.56. The van der Waals surface area contributed by atoms with E-state index < -0.39 is 0 Å². The monoisotopic (exact) mass is 254 g/mol. The summed E-state index contributed by atoms with van der Waals surface area (Å²) < 4.78 is 0. The molecule has 0 aromatic carbocycles. The normalized spacial score (nSPS) is 13.1. The molecule has 0 spiro atoms. The van der Waals surface area contributed by atoms with Gasteiger partial charge in [-0.15, -0.1) is 11.3 Å². The molecule has 1 rings (SSSR count). The van der Waals surface area contributed by atoms with E-state index >= 15 is 0 Å². The van der Waals surface area contributed by atoms with Crippen LogP contribution in [0, 0.1) is 5.92 Å². The number of rotatable bonds is 6. The Balaban J connectivity index is 2.53. The highest BCUT2D eigenvalue weighted by molar-refractivity contribution is 7.10. The molecular weight excluding hydrogens is 232 g/mol. The zero-order valence-electron chi connectivity index (χ0n) is 11.0. The number of nitrogens with one attached hydrogen (secondary N) is 2. The first-order valence-corrected chi connectivity index (χ1v) is 6.94. The summed E-state index contributed by atoms with van der Waals surface area (Å²) >= 11 is 1.69. The molecule has 96 valence electrons. The van der Waals surface area contributed by atoms with Gasteiger partial charge in [0, 0.05) is 10.9 Å². The fourth-order valence-electron chi connectivity index (χ4n) is 1.56. The third-order valence-electron chi connectivity index (χ3n) is 2.50. The van der Waals surface area contributed by atoms with Crippen molar-refractivity contribution in [3.8, 4) is 0 Å². The number of hydrogen-bond acceptors (Lipinski definition) is 3. The molecule has 0 saturated heterocycles. The first-order chi connectivity index (χ1) is 8.00. The van der Waals surface area contributed by atoms with Crippen LogP contribution in [0.15, 0.2) is 17.5 Å². The van der Waals surface area contributed by atoms with Crippen molar-refractivity contribution in [1.82, 2.24) is 10.6 Å². The average molecular weight is 254 g/mol. The van der Waals surface area contributed by atoms with Crippen LogP contribution in [0.3, 0.4) is 0 Å². The van der Waals surface area contributed by atoms with E-state index in [1.165, 1.54) is 4.88 Å². The molecule has 0 aliphatic carbocycles.